The number of carbonyl (C=O) groups excluding carboxylic acids is 1. The monoisotopic (exact) mass is 358 g/mol. The van der Waals surface area contributed by atoms with E-state index in [1.54, 1.807) is 25.5 Å². The fourth-order valence-corrected chi connectivity index (χ4v) is 2.28. The van der Waals surface area contributed by atoms with Crippen molar-refractivity contribution in [3.63, 3.8) is 0 Å². The van der Waals surface area contributed by atoms with Crippen LogP contribution in [0.4, 0.5) is 0 Å². The lowest BCUT2D eigenvalue weighted by Gasteiger charge is -2.11. The van der Waals surface area contributed by atoms with Crippen molar-refractivity contribution in [1.82, 2.24) is 16.0 Å². The third-order valence-corrected chi connectivity index (χ3v) is 3.56. The van der Waals surface area contributed by atoms with Crippen LogP contribution in [0.1, 0.15) is 28.6 Å². The molecule has 1 amide bonds. The average molecular weight is 358 g/mol. The van der Waals surface area contributed by atoms with Gasteiger partial charge in [0.1, 0.15) is 5.76 Å². The molecule has 26 heavy (non-hydrogen) atoms. The highest BCUT2D eigenvalue weighted by molar-refractivity contribution is 5.94. The second-order valence-electron chi connectivity index (χ2n) is 5.58. The molecule has 0 aliphatic heterocycles. The molecule has 0 spiro atoms. The molecule has 0 atom stereocenters. The van der Waals surface area contributed by atoms with Crippen LogP contribution >= 0.6 is 0 Å². The number of furan rings is 1. The van der Waals surface area contributed by atoms with E-state index < -0.39 is 0 Å². The normalized spacial score (nSPS) is 11.2. The Kier molecular flexibility index (Phi) is 8.21. The maximum absolute atomic E-state index is 12.3. The number of rotatable bonds is 9. The summed E-state index contributed by atoms with van der Waals surface area (Å²) in [4.78, 5) is 16.8. The summed E-state index contributed by atoms with van der Waals surface area (Å²) in [5, 5.41) is 9.21. The summed E-state index contributed by atoms with van der Waals surface area (Å²) in [5.41, 5.74) is 1.56. The van der Waals surface area contributed by atoms with Crippen molar-refractivity contribution in [3.05, 3.63) is 59.5 Å². The van der Waals surface area contributed by atoms with Gasteiger partial charge in [0.05, 0.1) is 26.0 Å². The standard InChI is InChI=1S/C19H26N4O3/c1-3-20-19(21-9-11-25-2)23-13-15-6-4-7-16(12-15)18(24)22-14-17-8-5-10-26-17/h4-8,10,12H,3,9,11,13-14H2,1-2H3,(H,22,24)(H2,20,21,23). The van der Waals surface area contributed by atoms with Gasteiger partial charge in [-0.15, -0.1) is 0 Å². The summed E-state index contributed by atoms with van der Waals surface area (Å²) in [6, 6.07) is 11.1. The molecular formula is C19H26N4O3. The van der Waals surface area contributed by atoms with Crippen LogP contribution in [0, 0.1) is 0 Å². The molecule has 0 aliphatic rings. The first-order chi connectivity index (χ1) is 12.7. The van der Waals surface area contributed by atoms with E-state index >= 15 is 0 Å². The number of nitrogens with zero attached hydrogens (tertiary/aromatic N) is 1. The molecule has 2 aromatic rings. The van der Waals surface area contributed by atoms with Gasteiger partial charge in [-0.05, 0) is 36.8 Å². The van der Waals surface area contributed by atoms with Gasteiger partial charge < -0.3 is 25.1 Å². The smallest absolute Gasteiger partial charge is 0.251 e. The van der Waals surface area contributed by atoms with E-state index in [-0.39, 0.29) is 5.91 Å². The van der Waals surface area contributed by atoms with E-state index in [0.29, 0.717) is 31.8 Å². The van der Waals surface area contributed by atoms with Gasteiger partial charge in [0.15, 0.2) is 5.96 Å². The maximum atomic E-state index is 12.3. The van der Waals surface area contributed by atoms with E-state index in [1.807, 2.05) is 31.2 Å². The average Bonchev–Trinajstić information content (AvgIpc) is 3.18. The highest BCUT2D eigenvalue weighted by Crippen LogP contribution is 2.07. The van der Waals surface area contributed by atoms with Crippen LogP contribution in [0.15, 0.2) is 52.1 Å². The molecular weight excluding hydrogens is 332 g/mol. The Morgan fingerprint density at radius 1 is 1.19 bits per heavy atom. The first-order valence-electron chi connectivity index (χ1n) is 8.63. The Bertz CT molecular complexity index is 699. The van der Waals surface area contributed by atoms with Crippen LogP contribution in [-0.4, -0.2) is 38.7 Å². The largest absolute Gasteiger partial charge is 0.467 e. The molecule has 2 rings (SSSR count). The van der Waals surface area contributed by atoms with Crippen molar-refractivity contribution in [2.45, 2.75) is 20.0 Å². The van der Waals surface area contributed by atoms with Crippen molar-refractivity contribution in [3.8, 4) is 0 Å². The predicted molar refractivity (Wildman–Crippen MR) is 101 cm³/mol. The van der Waals surface area contributed by atoms with Crippen LogP contribution in [0.25, 0.3) is 0 Å². The molecule has 1 aromatic carbocycles. The number of methoxy groups -OCH3 is 1. The van der Waals surface area contributed by atoms with Gasteiger partial charge in [-0.25, -0.2) is 4.99 Å². The molecule has 0 fully saturated rings. The summed E-state index contributed by atoms with van der Waals surface area (Å²) >= 11 is 0. The number of carbonyl (C=O) groups is 1. The minimum absolute atomic E-state index is 0.141. The SMILES string of the molecule is CCNC(=NCc1cccc(C(=O)NCc2ccco2)c1)NCCOC. The summed E-state index contributed by atoms with van der Waals surface area (Å²) < 4.78 is 10.2. The lowest BCUT2D eigenvalue weighted by molar-refractivity contribution is 0.0948. The summed E-state index contributed by atoms with van der Waals surface area (Å²) in [6.07, 6.45) is 1.59. The Labute approximate surface area is 153 Å². The van der Waals surface area contributed by atoms with Crippen molar-refractivity contribution in [2.75, 3.05) is 26.8 Å². The van der Waals surface area contributed by atoms with Crippen LogP contribution in [0.2, 0.25) is 0 Å². The zero-order valence-electron chi connectivity index (χ0n) is 15.2. The van der Waals surface area contributed by atoms with E-state index in [9.17, 15) is 4.79 Å². The summed E-state index contributed by atoms with van der Waals surface area (Å²) in [5.74, 6) is 1.30. The topological polar surface area (TPSA) is 87.9 Å². The fourth-order valence-electron chi connectivity index (χ4n) is 2.28. The Balaban J connectivity index is 1.93. The van der Waals surface area contributed by atoms with Gasteiger partial charge in [0, 0.05) is 25.8 Å². The lowest BCUT2D eigenvalue weighted by Crippen LogP contribution is -2.38. The highest BCUT2D eigenvalue weighted by Gasteiger charge is 2.07. The van der Waals surface area contributed by atoms with Crippen LogP contribution in [0.5, 0.6) is 0 Å². The van der Waals surface area contributed by atoms with Gasteiger partial charge >= 0.3 is 0 Å². The van der Waals surface area contributed by atoms with E-state index in [2.05, 4.69) is 20.9 Å². The first kappa shape index (κ1) is 19.5. The fraction of sp³-hybridized carbons (Fsp3) is 0.368. The zero-order valence-corrected chi connectivity index (χ0v) is 15.2. The quantitative estimate of drug-likeness (QED) is 0.362. The molecule has 7 heteroatoms. The van der Waals surface area contributed by atoms with Gasteiger partial charge in [0.2, 0.25) is 0 Å². The predicted octanol–water partition coefficient (Wildman–Crippen LogP) is 1.91. The highest BCUT2D eigenvalue weighted by atomic mass is 16.5. The zero-order chi connectivity index (χ0) is 18.6. The van der Waals surface area contributed by atoms with Crippen molar-refractivity contribution in [2.24, 2.45) is 4.99 Å². The van der Waals surface area contributed by atoms with Gasteiger partial charge in [0.25, 0.3) is 5.91 Å². The lowest BCUT2D eigenvalue weighted by atomic mass is 10.1. The minimum Gasteiger partial charge on any atom is -0.467 e. The number of aliphatic imine (C=N–C) groups is 1. The minimum atomic E-state index is -0.141. The second kappa shape index (κ2) is 10.9. The Morgan fingerprint density at radius 3 is 2.81 bits per heavy atom. The number of nitrogens with one attached hydrogen (secondary N) is 3. The van der Waals surface area contributed by atoms with Crippen molar-refractivity contribution in [1.29, 1.82) is 0 Å². The van der Waals surface area contributed by atoms with Crippen LogP contribution in [-0.2, 0) is 17.8 Å². The first-order valence-corrected chi connectivity index (χ1v) is 8.63. The van der Waals surface area contributed by atoms with E-state index in [0.717, 1.165) is 23.8 Å². The van der Waals surface area contributed by atoms with Crippen molar-refractivity contribution >= 4 is 11.9 Å². The molecule has 3 N–H and O–H groups in total. The molecule has 1 aromatic heterocycles. The molecule has 0 radical (unpaired) electrons. The third-order valence-electron chi connectivity index (χ3n) is 3.56. The maximum Gasteiger partial charge on any atom is 0.251 e. The third kappa shape index (κ3) is 6.60. The molecule has 140 valence electrons. The van der Waals surface area contributed by atoms with Gasteiger partial charge in [-0.2, -0.15) is 0 Å². The van der Waals surface area contributed by atoms with Gasteiger partial charge in [-0.1, -0.05) is 12.1 Å². The van der Waals surface area contributed by atoms with Crippen molar-refractivity contribution < 1.29 is 13.9 Å². The number of guanidine groups is 1. The Morgan fingerprint density at radius 2 is 2.08 bits per heavy atom. The van der Waals surface area contributed by atoms with Gasteiger partial charge in [-0.3, -0.25) is 4.79 Å². The summed E-state index contributed by atoms with van der Waals surface area (Å²) in [7, 11) is 1.66. The van der Waals surface area contributed by atoms with Crippen LogP contribution in [0.3, 0.4) is 0 Å². The molecule has 7 nitrogen and oxygen atoms in total. The van der Waals surface area contributed by atoms with E-state index in [4.69, 9.17) is 9.15 Å². The molecule has 0 unspecified atom stereocenters. The molecule has 1 heterocycles. The number of hydrogen-bond acceptors (Lipinski definition) is 4. The van der Waals surface area contributed by atoms with E-state index in [1.165, 1.54) is 0 Å². The molecule has 0 bridgehead atoms. The second-order valence-corrected chi connectivity index (χ2v) is 5.58. The number of amides is 1. The number of hydrogen-bond donors (Lipinski definition) is 3. The number of benzene rings is 1. The Hall–Kier alpha value is -2.80. The molecule has 0 saturated heterocycles. The molecule has 0 aliphatic carbocycles. The summed E-state index contributed by atoms with van der Waals surface area (Å²) in [6.45, 7) is 4.91. The number of ether oxygens (including phenoxy) is 1. The molecule has 0 saturated carbocycles. The van der Waals surface area contributed by atoms with Crippen LogP contribution < -0.4 is 16.0 Å².